The van der Waals surface area contributed by atoms with Crippen molar-refractivity contribution in [1.29, 1.82) is 0 Å². The van der Waals surface area contributed by atoms with Crippen molar-refractivity contribution in [3.8, 4) is 0 Å². The van der Waals surface area contributed by atoms with Gasteiger partial charge in [0.05, 0.1) is 17.1 Å². The number of aromatic nitrogens is 1. The zero-order chi connectivity index (χ0) is 13.8. The lowest BCUT2D eigenvalue weighted by atomic mass is 10.0. The van der Waals surface area contributed by atoms with E-state index in [0.29, 0.717) is 5.92 Å². The van der Waals surface area contributed by atoms with Crippen molar-refractivity contribution in [2.45, 2.75) is 32.7 Å². The highest BCUT2D eigenvalue weighted by molar-refractivity contribution is 7.17. The third-order valence-corrected chi connectivity index (χ3v) is 5.13. The van der Waals surface area contributed by atoms with E-state index in [0.717, 1.165) is 35.0 Å². The zero-order valence-electron chi connectivity index (χ0n) is 11.4. The van der Waals surface area contributed by atoms with Crippen LogP contribution in [0.3, 0.4) is 0 Å². The first-order valence-corrected chi connectivity index (χ1v) is 8.04. The van der Waals surface area contributed by atoms with Crippen LogP contribution in [0.2, 0.25) is 0 Å². The minimum absolute atomic E-state index is 0.334. The van der Waals surface area contributed by atoms with Gasteiger partial charge < -0.3 is 4.90 Å². The molecule has 19 heavy (non-hydrogen) atoms. The maximum atomic E-state index is 11.2. The van der Waals surface area contributed by atoms with Crippen LogP contribution in [0, 0.1) is 0 Å². The standard InChI is InChI=1S/C14H18N2OS2/c1-4-10(2)13-12(9-17)19-14(15-13)16(3)8-11-6-5-7-18-11/h5-7,9-10H,4,8H2,1-3H3. The third-order valence-electron chi connectivity index (χ3n) is 3.16. The van der Waals surface area contributed by atoms with E-state index in [1.807, 2.05) is 7.05 Å². The minimum atomic E-state index is 0.334. The molecule has 0 aliphatic rings. The van der Waals surface area contributed by atoms with Crippen molar-refractivity contribution in [3.05, 3.63) is 33.0 Å². The Morgan fingerprint density at radius 3 is 2.89 bits per heavy atom. The highest BCUT2D eigenvalue weighted by atomic mass is 32.1. The number of thiophene rings is 1. The van der Waals surface area contributed by atoms with E-state index in [-0.39, 0.29) is 0 Å². The van der Waals surface area contributed by atoms with Gasteiger partial charge in [-0.2, -0.15) is 0 Å². The number of carbonyl (C=O) groups is 1. The van der Waals surface area contributed by atoms with E-state index >= 15 is 0 Å². The fourth-order valence-corrected chi connectivity index (χ4v) is 3.55. The summed E-state index contributed by atoms with van der Waals surface area (Å²) in [5.74, 6) is 0.334. The maximum absolute atomic E-state index is 11.2. The van der Waals surface area contributed by atoms with Crippen molar-refractivity contribution >= 4 is 34.1 Å². The number of carbonyl (C=O) groups excluding carboxylic acids is 1. The zero-order valence-corrected chi connectivity index (χ0v) is 13.1. The molecule has 2 aromatic rings. The Balaban J connectivity index is 2.20. The molecular weight excluding hydrogens is 276 g/mol. The summed E-state index contributed by atoms with van der Waals surface area (Å²) in [6.45, 7) is 5.07. The number of hydrogen-bond donors (Lipinski definition) is 0. The summed E-state index contributed by atoms with van der Waals surface area (Å²) in [7, 11) is 2.02. The number of hydrogen-bond acceptors (Lipinski definition) is 5. The van der Waals surface area contributed by atoms with Gasteiger partial charge in [0, 0.05) is 11.9 Å². The lowest BCUT2D eigenvalue weighted by Crippen LogP contribution is -2.15. The van der Waals surface area contributed by atoms with Crippen LogP contribution in [0.5, 0.6) is 0 Å². The molecule has 0 spiro atoms. The fraction of sp³-hybridized carbons (Fsp3) is 0.429. The maximum Gasteiger partial charge on any atom is 0.186 e. The van der Waals surface area contributed by atoms with Crippen molar-refractivity contribution in [1.82, 2.24) is 4.98 Å². The first-order valence-electron chi connectivity index (χ1n) is 6.35. The Morgan fingerprint density at radius 2 is 2.32 bits per heavy atom. The number of nitrogens with zero attached hydrogens (tertiary/aromatic N) is 2. The van der Waals surface area contributed by atoms with Gasteiger partial charge in [0.2, 0.25) is 0 Å². The molecule has 1 atom stereocenters. The molecule has 0 aromatic carbocycles. The van der Waals surface area contributed by atoms with Crippen LogP contribution < -0.4 is 4.90 Å². The summed E-state index contributed by atoms with van der Waals surface area (Å²) in [4.78, 5) is 20.0. The van der Waals surface area contributed by atoms with Gasteiger partial charge in [0.1, 0.15) is 0 Å². The summed E-state index contributed by atoms with van der Waals surface area (Å²) >= 11 is 3.22. The molecule has 2 aromatic heterocycles. The number of anilines is 1. The van der Waals surface area contributed by atoms with E-state index in [4.69, 9.17) is 0 Å². The molecule has 2 rings (SSSR count). The van der Waals surface area contributed by atoms with Crippen molar-refractivity contribution in [2.75, 3.05) is 11.9 Å². The van der Waals surface area contributed by atoms with E-state index in [1.54, 1.807) is 11.3 Å². The van der Waals surface area contributed by atoms with Crippen molar-refractivity contribution in [3.63, 3.8) is 0 Å². The Labute approximate surface area is 121 Å². The monoisotopic (exact) mass is 294 g/mol. The van der Waals surface area contributed by atoms with E-state index in [9.17, 15) is 4.79 Å². The molecule has 0 fully saturated rings. The molecule has 0 aliphatic carbocycles. The molecule has 5 heteroatoms. The van der Waals surface area contributed by atoms with Crippen LogP contribution in [-0.4, -0.2) is 18.3 Å². The van der Waals surface area contributed by atoms with Gasteiger partial charge in [0.25, 0.3) is 0 Å². The minimum Gasteiger partial charge on any atom is -0.346 e. The molecule has 0 aliphatic heterocycles. The first kappa shape index (κ1) is 14.2. The summed E-state index contributed by atoms with van der Waals surface area (Å²) in [6, 6.07) is 4.17. The first-order chi connectivity index (χ1) is 9.15. The Bertz CT molecular complexity index is 534. The quantitative estimate of drug-likeness (QED) is 0.750. The van der Waals surface area contributed by atoms with Crippen LogP contribution in [0.1, 0.15) is 46.4 Å². The second-order valence-corrected chi connectivity index (χ2v) is 6.65. The van der Waals surface area contributed by atoms with Gasteiger partial charge in [-0.15, -0.1) is 11.3 Å². The Kier molecular flexibility index (Phi) is 4.71. The summed E-state index contributed by atoms with van der Waals surface area (Å²) in [5, 5.41) is 3.00. The molecule has 0 saturated carbocycles. The third kappa shape index (κ3) is 3.22. The summed E-state index contributed by atoms with van der Waals surface area (Å²) in [5.41, 5.74) is 0.940. The normalized spacial score (nSPS) is 12.4. The van der Waals surface area contributed by atoms with Crippen LogP contribution in [-0.2, 0) is 6.54 Å². The number of aldehydes is 1. The van der Waals surface area contributed by atoms with Crippen molar-refractivity contribution in [2.24, 2.45) is 0 Å². The Hall–Kier alpha value is -1.20. The van der Waals surface area contributed by atoms with Gasteiger partial charge >= 0.3 is 0 Å². The predicted molar refractivity (Wildman–Crippen MR) is 82.6 cm³/mol. The number of rotatable bonds is 6. The van der Waals surface area contributed by atoms with Gasteiger partial charge in [-0.3, -0.25) is 4.79 Å². The van der Waals surface area contributed by atoms with Gasteiger partial charge in [-0.1, -0.05) is 31.3 Å². The molecule has 3 nitrogen and oxygen atoms in total. The average Bonchev–Trinajstić information content (AvgIpc) is 3.06. The molecule has 0 bridgehead atoms. The second-order valence-electron chi connectivity index (χ2n) is 4.61. The largest absolute Gasteiger partial charge is 0.346 e. The van der Waals surface area contributed by atoms with Crippen LogP contribution in [0.25, 0.3) is 0 Å². The van der Waals surface area contributed by atoms with Crippen LogP contribution in [0.15, 0.2) is 17.5 Å². The highest BCUT2D eigenvalue weighted by Gasteiger charge is 2.17. The molecule has 0 N–H and O–H groups in total. The van der Waals surface area contributed by atoms with Crippen LogP contribution >= 0.6 is 22.7 Å². The van der Waals surface area contributed by atoms with Crippen LogP contribution in [0.4, 0.5) is 5.13 Å². The van der Waals surface area contributed by atoms with E-state index in [1.165, 1.54) is 16.2 Å². The average molecular weight is 294 g/mol. The molecule has 0 saturated heterocycles. The molecular formula is C14H18N2OS2. The summed E-state index contributed by atoms with van der Waals surface area (Å²) in [6.07, 6.45) is 1.93. The second kappa shape index (κ2) is 6.30. The SMILES string of the molecule is CCC(C)c1nc(N(C)Cc2cccs2)sc1C=O. The molecule has 1 unspecified atom stereocenters. The number of thiazole rings is 1. The lowest BCUT2D eigenvalue weighted by Gasteiger charge is -2.14. The molecule has 102 valence electrons. The summed E-state index contributed by atoms with van der Waals surface area (Å²) < 4.78 is 0. The lowest BCUT2D eigenvalue weighted by molar-refractivity contribution is 0.112. The molecule has 2 heterocycles. The van der Waals surface area contributed by atoms with Gasteiger partial charge in [-0.25, -0.2) is 4.98 Å². The van der Waals surface area contributed by atoms with Crippen molar-refractivity contribution < 1.29 is 4.79 Å². The Morgan fingerprint density at radius 1 is 1.53 bits per heavy atom. The molecule has 0 radical (unpaired) electrons. The highest BCUT2D eigenvalue weighted by Crippen LogP contribution is 2.31. The van der Waals surface area contributed by atoms with Gasteiger partial charge in [-0.05, 0) is 23.8 Å². The predicted octanol–water partition coefficient (Wildman–Crippen LogP) is 4.17. The smallest absolute Gasteiger partial charge is 0.186 e. The van der Waals surface area contributed by atoms with E-state index < -0.39 is 0 Å². The fourth-order valence-electron chi connectivity index (χ4n) is 1.83. The van der Waals surface area contributed by atoms with E-state index in [2.05, 4.69) is 41.2 Å². The molecule has 0 amide bonds. The van der Waals surface area contributed by atoms with Gasteiger partial charge in [0.15, 0.2) is 11.4 Å². The topological polar surface area (TPSA) is 33.2 Å².